The molecule has 2 rings (SSSR count). The van der Waals surface area contributed by atoms with Crippen LogP contribution < -0.4 is 0 Å². The summed E-state index contributed by atoms with van der Waals surface area (Å²) < 4.78 is 0. The molecule has 0 aromatic carbocycles. The lowest BCUT2D eigenvalue weighted by atomic mass is 10.0. The first-order valence-corrected chi connectivity index (χ1v) is 6.31. The summed E-state index contributed by atoms with van der Waals surface area (Å²) in [7, 11) is 2.13. The first kappa shape index (κ1) is 12.1. The van der Waals surface area contributed by atoms with Crippen LogP contribution in [0.15, 0.2) is 24.4 Å². The van der Waals surface area contributed by atoms with E-state index in [0.717, 1.165) is 31.5 Å². The Labute approximate surface area is 103 Å². The number of nitriles is 1. The fourth-order valence-corrected chi connectivity index (χ4v) is 2.62. The maximum atomic E-state index is 9.08. The van der Waals surface area contributed by atoms with Crippen LogP contribution in [0.4, 0.5) is 0 Å². The summed E-state index contributed by atoms with van der Waals surface area (Å²) in [5, 5.41) is 9.08. The highest BCUT2D eigenvalue weighted by atomic mass is 15.1. The summed E-state index contributed by atoms with van der Waals surface area (Å²) in [6.07, 6.45) is 6.22. The maximum absolute atomic E-state index is 9.08. The second-order valence-electron chi connectivity index (χ2n) is 4.79. The molecule has 90 valence electrons. The lowest BCUT2D eigenvalue weighted by molar-refractivity contribution is 0.222. The second-order valence-corrected chi connectivity index (χ2v) is 4.79. The molecule has 0 spiro atoms. The van der Waals surface area contributed by atoms with E-state index in [4.69, 9.17) is 5.26 Å². The predicted molar refractivity (Wildman–Crippen MR) is 67.3 cm³/mol. The predicted octanol–water partition coefficient (Wildman–Crippen LogP) is 2.25. The molecular weight excluding hydrogens is 210 g/mol. The highest BCUT2D eigenvalue weighted by molar-refractivity contribution is 5.04. The molecule has 0 N–H and O–H groups in total. The van der Waals surface area contributed by atoms with E-state index in [1.807, 2.05) is 18.3 Å². The molecule has 0 radical (unpaired) electrons. The van der Waals surface area contributed by atoms with E-state index in [2.05, 4.69) is 29.1 Å². The zero-order valence-electron chi connectivity index (χ0n) is 10.3. The number of hydrogen-bond acceptors (Lipinski definition) is 3. The van der Waals surface area contributed by atoms with Gasteiger partial charge in [0.15, 0.2) is 0 Å². The van der Waals surface area contributed by atoms with E-state index in [9.17, 15) is 0 Å². The molecule has 0 bridgehead atoms. The molecule has 1 heterocycles. The first-order valence-electron chi connectivity index (χ1n) is 6.31. The molecule has 1 fully saturated rings. The highest BCUT2D eigenvalue weighted by Gasteiger charge is 2.29. The first-order chi connectivity index (χ1) is 8.31. The molecule has 1 aliphatic rings. The van der Waals surface area contributed by atoms with Crippen LogP contribution in [0.25, 0.3) is 0 Å². The van der Waals surface area contributed by atoms with Crippen LogP contribution in [-0.2, 0) is 6.42 Å². The van der Waals surface area contributed by atoms with Crippen molar-refractivity contribution in [2.75, 3.05) is 13.6 Å². The van der Waals surface area contributed by atoms with E-state index in [0.29, 0.717) is 6.04 Å². The van der Waals surface area contributed by atoms with Crippen LogP contribution in [0.3, 0.4) is 0 Å². The average molecular weight is 229 g/mol. The van der Waals surface area contributed by atoms with Gasteiger partial charge in [0.1, 0.15) is 0 Å². The summed E-state index contributed by atoms with van der Waals surface area (Å²) in [4.78, 5) is 6.65. The van der Waals surface area contributed by atoms with Crippen molar-refractivity contribution in [3.8, 4) is 6.07 Å². The number of nitrogens with zero attached hydrogens (tertiary/aromatic N) is 3. The Balaban J connectivity index is 1.85. The Kier molecular flexibility index (Phi) is 4.11. The molecule has 1 saturated carbocycles. The van der Waals surface area contributed by atoms with Gasteiger partial charge in [0.25, 0.3) is 0 Å². The van der Waals surface area contributed by atoms with E-state index >= 15 is 0 Å². The quantitative estimate of drug-likeness (QED) is 0.795. The number of pyridine rings is 1. The zero-order chi connectivity index (χ0) is 12.1. The van der Waals surface area contributed by atoms with Crippen molar-refractivity contribution < 1.29 is 0 Å². The Morgan fingerprint density at radius 3 is 3.06 bits per heavy atom. The summed E-state index contributed by atoms with van der Waals surface area (Å²) in [6.45, 7) is 0.986. The second kappa shape index (κ2) is 5.79. The van der Waals surface area contributed by atoms with Crippen molar-refractivity contribution in [1.29, 1.82) is 5.26 Å². The average Bonchev–Trinajstić information content (AvgIpc) is 2.85. The van der Waals surface area contributed by atoms with Crippen molar-refractivity contribution in [2.45, 2.75) is 31.7 Å². The normalized spacial score (nSPS) is 23.8. The van der Waals surface area contributed by atoms with Gasteiger partial charge in [-0.05, 0) is 32.0 Å². The van der Waals surface area contributed by atoms with Crippen LogP contribution in [-0.4, -0.2) is 29.5 Å². The Hall–Kier alpha value is -1.40. The van der Waals surface area contributed by atoms with Crippen molar-refractivity contribution in [1.82, 2.24) is 9.88 Å². The minimum atomic E-state index is 0.226. The molecule has 1 aliphatic carbocycles. The topological polar surface area (TPSA) is 39.9 Å². The van der Waals surface area contributed by atoms with Gasteiger partial charge in [-0.1, -0.05) is 12.5 Å². The van der Waals surface area contributed by atoms with Gasteiger partial charge >= 0.3 is 0 Å². The molecule has 0 amide bonds. The minimum Gasteiger partial charge on any atom is -0.302 e. The van der Waals surface area contributed by atoms with Gasteiger partial charge in [-0.3, -0.25) is 4.98 Å². The molecular formula is C14H19N3. The van der Waals surface area contributed by atoms with E-state index in [-0.39, 0.29) is 5.92 Å². The molecule has 2 unspecified atom stereocenters. The van der Waals surface area contributed by atoms with Gasteiger partial charge in [-0.15, -0.1) is 0 Å². The standard InChI is InChI=1S/C14H19N3/c1-17(14-7-4-5-12(14)11-15)10-8-13-6-2-3-9-16-13/h2-3,6,9,12,14H,4-5,7-8,10H2,1H3. The molecule has 3 nitrogen and oxygen atoms in total. The van der Waals surface area contributed by atoms with Crippen LogP contribution in [0, 0.1) is 17.2 Å². The van der Waals surface area contributed by atoms with Gasteiger partial charge in [-0.2, -0.15) is 5.26 Å². The van der Waals surface area contributed by atoms with E-state index in [1.165, 1.54) is 6.42 Å². The minimum absolute atomic E-state index is 0.226. The summed E-state index contributed by atoms with van der Waals surface area (Å²) >= 11 is 0. The van der Waals surface area contributed by atoms with Crippen LogP contribution in [0.2, 0.25) is 0 Å². The third-order valence-electron chi connectivity index (χ3n) is 3.66. The molecule has 1 aromatic heterocycles. The van der Waals surface area contributed by atoms with E-state index in [1.54, 1.807) is 0 Å². The number of rotatable bonds is 4. The van der Waals surface area contributed by atoms with E-state index < -0.39 is 0 Å². The third kappa shape index (κ3) is 3.04. The van der Waals surface area contributed by atoms with Crippen LogP contribution in [0.5, 0.6) is 0 Å². The van der Waals surface area contributed by atoms with Gasteiger partial charge < -0.3 is 4.90 Å². The lowest BCUT2D eigenvalue weighted by Crippen LogP contribution is -2.35. The fraction of sp³-hybridized carbons (Fsp3) is 0.571. The Bertz CT molecular complexity index is 382. The van der Waals surface area contributed by atoms with Gasteiger partial charge in [0.05, 0.1) is 12.0 Å². The van der Waals surface area contributed by atoms with Gasteiger partial charge in [0, 0.05) is 30.9 Å². The summed E-state index contributed by atoms with van der Waals surface area (Å²) in [5.74, 6) is 0.226. The highest BCUT2D eigenvalue weighted by Crippen LogP contribution is 2.28. The van der Waals surface area contributed by atoms with Crippen LogP contribution in [0.1, 0.15) is 25.0 Å². The number of aromatic nitrogens is 1. The molecule has 2 atom stereocenters. The lowest BCUT2D eigenvalue weighted by Gasteiger charge is -2.26. The largest absolute Gasteiger partial charge is 0.302 e. The van der Waals surface area contributed by atoms with Gasteiger partial charge in [-0.25, -0.2) is 0 Å². The Morgan fingerprint density at radius 2 is 2.35 bits per heavy atom. The van der Waals surface area contributed by atoms with Crippen molar-refractivity contribution >= 4 is 0 Å². The SMILES string of the molecule is CN(CCc1ccccn1)C1CCCC1C#N. The molecule has 3 heteroatoms. The van der Waals surface area contributed by atoms with Gasteiger partial charge in [0.2, 0.25) is 0 Å². The molecule has 17 heavy (non-hydrogen) atoms. The van der Waals surface area contributed by atoms with Crippen LogP contribution >= 0.6 is 0 Å². The summed E-state index contributed by atoms with van der Waals surface area (Å²) in [5.41, 5.74) is 1.13. The zero-order valence-corrected chi connectivity index (χ0v) is 10.3. The smallest absolute Gasteiger partial charge is 0.0672 e. The number of likely N-dealkylation sites (N-methyl/N-ethyl adjacent to an activating group) is 1. The van der Waals surface area contributed by atoms with Crippen molar-refractivity contribution in [3.63, 3.8) is 0 Å². The molecule has 1 aromatic rings. The van der Waals surface area contributed by atoms with Crippen molar-refractivity contribution in [3.05, 3.63) is 30.1 Å². The third-order valence-corrected chi connectivity index (χ3v) is 3.66. The van der Waals surface area contributed by atoms with Crippen molar-refractivity contribution in [2.24, 2.45) is 5.92 Å². The number of hydrogen-bond donors (Lipinski definition) is 0. The maximum Gasteiger partial charge on any atom is 0.0672 e. The Morgan fingerprint density at radius 1 is 1.47 bits per heavy atom. The summed E-state index contributed by atoms with van der Waals surface area (Å²) in [6, 6.07) is 8.91. The monoisotopic (exact) mass is 229 g/mol. The molecule has 0 aliphatic heterocycles. The molecule has 0 saturated heterocycles. The fourth-order valence-electron chi connectivity index (χ4n) is 2.62.